The number of ether oxygens (including phenoxy) is 1. The molecule has 1 aromatic heterocycles. The zero-order chi connectivity index (χ0) is 12.3. The number of halogens is 1. The number of nitrogens with one attached hydrogen (secondary N) is 1. The zero-order valence-corrected chi connectivity index (χ0v) is 10.3. The van der Waals surface area contributed by atoms with Gasteiger partial charge < -0.3 is 10.1 Å². The maximum absolute atomic E-state index is 5.88. The fourth-order valence-corrected chi connectivity index (χ4v) is 1.54. The average Bonchev–Trinajstić information content (AvgIpc) is 2.28. The van der Waals surface area contributed by atoms with Gasteiger partial charge in [-0.25, -0.2) is 4.98 Å². The van der Waals surface area contributed by atoms with Crippen LogP contribution in [0.4, 0.5) is 5.95 Å². The van der Waals surface area contributed by atoms with Gasteiger partial charge in [-0.2, -0.15) is 4.98 Å². The standard InChI is InChI=1S/C12H12ClN3O/c1-8-6-11(16-12(14-2)15-8)17-10-5-3-4-9(13)7-10/h3-7H,1-2H3,(H,14,15,16). The molecule has 88 valence electrons. The highest BCUT2D eigenvalue weighted by molar-refractivity contribution is 6.30. The van der Waals surface area contributed by atoms with Crippen molar-refractivity contribution >= 4 is 17.5 Å². The third-order valence-corrected chi connectivity index (χ3v) is 2.31. The lowest BCUT2D eigenvalue weighted by Crippen LogP contribution is -1.99. The van der Waals surface area contributed by atoms with E-state index in [9.17, 15) is 0 Å². The van der Waals surface area contributed by atoms with E-state index in [0.29, 0.717) is 22.6 Å². The Kier molecular flexibility index (Phi) is 3.44. The van der Waals surface area contributed by atoms with E-state index in [1.165, 1.54) is 0 Å². The fourth-order valence-electron chi connectivity index (χ4n) is 1.35. The van der Waals surface area contributed by atoms with Gasteiger partial charge in [0.05, 0.1) is 0 Å². The van der Waals surface area contributed by atoms with Crippen molar-refractivity contribution in [3.8, 4) is 11.6 Å². The molecule has 0 saturated carbocycles. The summed E-state index contributed by atoms with van der Waals surface area (Å²) >= 11 is 5.88. The Labute approximate surface area is 105 Å². The van der Waals surface area contributed by atoms with E-state index in [1.54, 1.807) is 25.2 Å². The fraction of sp³-hybridized carbons (Fsp3) is 0.167. The first-order chi connectivity index (χ1) is 8.17. The van der Waals surface area contributed by atoms with Gasteiger partial charge in [-0.05, 0) is 25.1 Å². The van der Waals surface area contributed by atoms with Crippen molar-refractivity contribution in [2.75, 3.05) is 12.4 Å². The van der Waals surface area contributed by atoms with Crippen molar-refractivity contribution in [1.82, 2.24) is 9.97 Å². The van der Waals surface area contributed by atoms with E-state index in [4.69, 9.17) is 16.3 Å². The van der Waals surface area contributed by atoms with Crippen molar-refractivity contribution < 1.29 is 4.74 Å². The number of benzene rings is 1. The molecule has 0 fully saturated rings. The lowest BCUT2D eigenvalue weighted by molar-refractivity contribution is 0.462. The van der Waals surface area contributed by atoms with Crippen molar-refractivity contribution in [2.24, 2.45) is 0 Å². The van der Waals surface area contributed by atoms with Crippen LogP contribution in [0.25, 0.3) is 0 Å². The highest BCUT2D eigenvalue weighted by Gasteiger charge is 2.03. The Bertz CT molecular complexity index is 531. The second kappa shape index (κ2) is 5.01. The highest BCUT2D eigenvalue weighted by atomic mass is 35.5. The summed E-state index contributed by atoms with van der Waals surface area (Å²) in [5.74, 6) is 1.67. The average molecular weight is 250 g/mol. The molecule has 17 heavy (non-hydrogen) atoms. The van der Waals surface area contributed by atoms with E-state index < -0.39 is 0 Å². The van der Waals surface area contributed by atoms with Gasteiger partial charge >= 0.3 is 0 Å². The molecule has 4 nitrogen and oxygen atoms in total. The Balaban J connectivity index is 2.26. The lowest BCUT2D eigenvalue weighted by Gasteiger charge is -2.07. The zero-order valence-electron chi connectivity index (χ0n) is 9.57. The van der Waals surface area contributed by atoms with Crippen LogP contribution in [0, 0.1) is 6.92 Å². The smallest absolute Gasteiger partial charge is 0.225 e. The van der Waals surface area contributed by atoms with Crippen LogP contribution >= 0.6 is 11.6 Å². The van der Waals surface area contributed by atoms with Crippen LogP contribution in [0.1, 0.15) is 5.69 Å². The van der Waals surface area contributed by atoms with Crippen molar-refractivity contribution in [1.29, 1.82) is 0 Å². The second-order valence-electron chi connectivity index (χ2n) is 3.48. The number of aromatic nitrogens is 2. The van der Waals surface area contributed by atoms with E-state index in [1.807, 2.05) is 19.1 Å². The first kappa shape index (κ1) is 11.7. The third-order valence-electron chi connectivity index (χ3n) is 2.07. The summed E-state index contributed by atoms with van der Waals surface area (Å²) in [7, 11) is 1.76. The number of aryl methyl sites for hydroxylation is 1. The molecule has 0 aliphatic heterocycles. The van der Waals surface area contributed by atoms with Crippen LogP contribution < -0.4 is 10.1 Å². The van der Waals surface area contributed by atoms with E-state index in [-0.39, 0.29) is 0 Å². The Morgan fingerprint density at radius 3 is 2.76 bits per heavy atom. The molecule has 0 saturated heterocycles. The summed E-state index contributed by atoms with van der Waals surface area (Å²) in [6.45, 7) is 1.88. The van der Waals surface area contributed by atoms with Gasteiger partial charge in [-0.1, -0.05) is 17.7 Å². The van der Waals surface area contributed by atoms with Crippen LogP contribution in [0.3, 0.4) is 0 Å². The number of hydrogen-bond donors (Lipinski definition) is 1. The molecule has 0 bridgehead atoms. The van der Waals surface area contributed by atoms with E-state index in [0.717, 1.165) is 5.69 Å². The third kappa shape index (κ3) is 3.07. The highest BCUT2D eigenvalue weighted by Crippen LogP contribution is 2.23. The first-order valence-corrected chi connectivity index (χ1v) is 5.52. The number of rotatable bonds is 3. The Hall–Kier alpha value is -1.81. The van der Waals surface area contributed by atoms with Gasteiger partial charge in [0.15, 0.2) is 0 Å². The van der Waals surface area contributed by atoms with Gasteiger partial charge in [0, 0.05) is 23.8 Å². The summed E-state index contributed by atoms with van der Waals surface area (Å²) in [5.41, 5.74) is 0.835. The molecule has 0 radical (unpaired) electrons. The molecule has 2 rings (SSSR count). The van der Waals surface area contributed by atoms with Gasteiger partial charge in [0.25, 0.3) is 0 Å². The molecule has 0 aliphatic carbocycles. The normalized spacial score (nSPS) is 10.1. The van der Waals surface area contributed by atoms with Crippen LogP contribution in [-0.2, 0) is 0 Å². The number of nitrogens with zero attached hydrogens (tertiary/aromatic N) is 2. The van der Waals surface area contributed by atoms with Crippen LogP contribution in [0.5, 0.6) is 11.6 Å². The molecular weight excluding hydrogens is 238 g/mol. The lowest BCUT2D eigenvalue weighted by atomic mass is 10.3. The second-order valence-corrected chi connectivity index (χ2v) is 3.92. The first-order valence-electron chi connectivity index (χ1n) is 5.14. The predicted molar refractivity (Wildman–Crippen MR) is 67.8 cm³/mol. The summed E-state index contributed by atoms with van der Waals surface area (Å²) in [6.07, 6.45) is 0. The molecule has 5 heteroatoms. The largest absolute Gasteiger partial charge is 0.439 e. The van der Waals surface area contributed by atoms with Gasteiger partial charge in [-0.15, -0.1) is 0 Å². The van der Waals surface area contributed by atoms with Crippen LogP contribution in [-0.4, -0.2) is 17.0 Å². The van der Waals surface area contributed by atoms with Crippen LogP contribution in [0.15, 0.2) is 30.3 Å². The SMILES string of the molecule is CNc1nc(C)cc(Oc2cccc(Cl)c2)n1. The molecule has 0 spiro atoms. The number of anilines is 1. The molecule has 0 aliphatic rings. The van der Waals surface area contributed by atoms with Crippen molar-refractivity contribution in [2.45, 2.75) is 6.92 Å². The number of hydrogen-bond acceptors (Lipinski definition) is 4. The van der Waals surface area contributed by atoms with E-state index in [2.05, 4.69) is 15.3 Å². The van der Waals surface area contributed by atoms with E-state index >= 15 is 0 Å². The molecule has 0 amide bonds. The quantitative estimate of drug-likeness (QED) is 0.907. The maximum atomic E-state index is 5.88. The van der Waals surface area contributed by atoms with Crippen LogP contribution in [0.2, 0.25) is 5.02 Å². The predicted octanol–water partition coefficient (Wildman–Crippen LogP) is 3.27. The van der Waals surface area contributed by atoms with Gasteiger partial charge in [0.2, 0.25) is 11.8 Å². The van der Waals surface area contributed by atoms with Gasteiger partial charge in [0.1, 0.15) is 5.75 Å². The molecular formula is C12H12ClN3O. The summed E-state index contributed by atoms with van der Waals surface area (Å²) in [4.78, 5) is 8.37. The summed E-state index contributed by atoms with van der Waals surface area (Å²) in [5, 5.41) is 3.50. The van der Waals surface area contributed by atoms with Crippen molar-refractivity contribution in [3.63, 3.8) is 0 Å². The molecule has 0 atom stereocenters. The monoisotopic (exact) mass is 249 g/mol. The topological polar surface area (TPSA) is 47.0 Å². The maximum Gasteiger partial charge on any atom is 0.225 e. The van der Waals surface area contributed by atoms with Gasteiger partial charge in [-0.3, -0.25) is 0 Å². The molecule has 1 heterocycles. The minimum atomic E-state index is 0.490. The summed E-state index contributed by atoms with van der Waals surface area (Å²) < 4.78 is 5.61. The minimum Gasteiger partial charge on any atom is -0.439 e. The van der Waals surface area contributed by atoms with Crippen molar-refractivity contribution in [3.05, 3.63) is 41.0 Å². The molecule has 1 aromatic carbocycles. The Morgan fingerprint density at radius 1 is 1.24 bits per heavy atom. The molecule has 2 aromatic rings. The minimum absolute atomic E-state index is 0.490. The molecule has 1 N–H and O–H groups in total. The Morgan fingerprint density at radius 2 is 2.06 bits per heavy atom. The summed E-state index contributed by atoms with van der Waals surface area (Å²) in [6, 6.07) is 8.94. The molecule has 0 unspecified atom stereocenters.